The van der Waals surface area contributed by atoms with Gasteiger partial charge in [-0.25, -0.2) is 4.98 Å². The lowest BCUT2D eigenvalue weighted by molar-refractivity contribution is 0.340. The molecule has 0 aliphatic rings. The summed E-state index contributed by atoms with van der Waals surface area (Å²) in [5.41, 5.74) is 2.73. The lowest BCUT2D eigenvalue weighted by Crippen LogP contribution is -2.19. The molecule has 0 aliphatic carbocycles. The number of aryl methyl sites for hydroxylation is 1. The molecule has 5 heteroatoms. The fourth-order valence-corrected chi connectivity index (χ4v) is 2.71. The molecule has 0 unspecified atom stereocenters. The van der Waals surface area contributed by atoms with E-state index in [1.807, 2.05) is 37.4 Å². The summed E-state index contributed by atoms with van der Waals surface area (Å²) in [4.78, 5) is 19.8. The number of hydrogen-bond donors (Lipinski definition) is 1. The average molecular weight is 318 g/mol. The second-order valence-electron chi connectivity index (χ2n) is 5.00. The van der Waals surface area contributed by atoms with Crippen molar-refractivity contribution in [2.75, 3.05) is 12.9 Å². The molecule has 4 nitrogen and oxygen atoms in total. The molecule has 2 rings (SSSR count). The van der Waals surface area contributed by atoms with Crippen LogP contribution in [0.5, 0.6) is 5.75 Å². The first kappa shape index (κ1) is 16.6. The molecule has 1 aromatic carbocycles. The van der Waals surface area contributed by atoms with E-state index in [-0.39, 0.29) is 5.56 Å². The molecule has 0 saturated carbocycles. The highest BCUT2D eigenvalue weighted by Crippen LogP contribution is 2.17. The van der Waals surface area contributed by atoms with Gasteiger partial charge in [0, 0.05) is 12.0 Å². The first-order valence-electron chi connectivity index (χ1n) is 7.55. The number of H-pyrrole nitrogens is 1. The molecule has 0 radical (unpaired) electrons. The first-order chi connectivity index (χ1) is 10.7. The summed E-state index contributed by atoms with van der Waals surface area (Å²) in [5, 5.41) is 0.684. The predicted molar refractivity (Wildman–Crippen MR) is 91.1 cm³/mol. The van der Waals surface area contributed by atoms with Crippen LogP contribution in [0.4, 0.5) is 0 Å². The molecule has 0 saturated heterocycles. The van der Waals surface area contributed by atoms with Crippen molar-refractivity contribution in [3.8, 4) is 5.75 Å². The minimum atomic E-state index is -0.0308. The molecule has 0 aliphatic heterocycles. The van der Waals surface area contributed by atoms with Gasteiger partial charge in [-0.1, -0.05) is 37.2 Å². The molecule has 0 spiro atoms. The third-order valence-electron chi connectivity index (χ3n) is 3.37. The summed E-state index contributed by atoms with van der Waals surface area (Å²) in [6.07, 6.45) is 4.31. The van der Waals surface area contributed by atoms with Gasteiger partial charge in [0.15, 0.2) is 5.16 Å². The maximum atomic E-state index is 12.3. The molecule has 1 N–H and O–H groups in total. The van der Waals surface area contributed by atoms with Gasteiger partial charge in [-0.05, 0) is 37.3 Å². The topological polar surface area (TPSA) is 55.0 Å². The van der Waals surface area contributed by atoms with Crippen molar-refractivity contribution in [2.24, 2.45) is 0 Å². The van der Waals surface area contributed by atoms with Gasteiger partial charge in [0.1, 0.15) is 5.75 Å². The minimum Gasteiger partial charge on any atom is -0.494 e. The SMILES string of the molecule is CCCc1nc(SC)[nH]c(=O)c1Cc1ccc(OCC)cc1. The highest BCUT2D eigenvalue weighted by atomic mass is 32.2. The van der Waals surface area contributed by atoms with Crippen molar-refractivity contribution in [2.45, 2.75) is 38.3 Å². The van der Waals surface area contributed by atoms with Crippen LogP contribution in [0.1, 0.15) is 37.1 Å². The zero-order valence-electron chi connectivity index (χ0n) is 13.3. The Morgan fingerprint density at radius 3 is 2.55 bits per heavy atom. The smallest absolute Gasteiger partial charge is 0.255 e. The fourth-order valence-electron chi connectivity index (χ4n) is 2.32. The predicted octanol–water partition coefficient (Wildman–Crippen LogP) is 3.43. The summed E-state index contributed by atoms with van der Waals surface area (Å²) in [6, 6.07) is 7.89. The summed E-state index contributed by atoms with van der Waals surface area (Å²) in [5.74, 6) is 0.852. The monoisotopic (exact) mass is 318 g/mol. The van der Waals surface area contributed by atoms with E-state index in [0.717, 1.165) is 35.4 Å². The van der Waals surface area contributed by atoms with Crippen molar-refractivity contribution >= 4 is 11.8 Å². The molecular formula is C17H22N2O2S. The van der Waals surface area contributed by atoms with E-state index in [9.17, 15) is 4.79 Å². The van der Waals surface area contributed by atoms with Gasteiger partial charge >= 0.3 is 0 Å². The van der Waals surface area contributed by atoms with Crippen LogP contribution >= 0.6 is 11.8 Å². The summed E-state index contributed by atoms with van der Waals surface area (Å²) in [6.45, 7) is 4.71. The Morgan fingerprint density at radius 1 is 1.23 bits per heavy atom. The molecule has 2 aromatic rings. The lowest BCUT2D eigenvalue weighted by Gasteiger charge is -2.09. The van der Waals surface area contributed by atoms with E-state index in [2.05, 4.69) is 16.9 Å². The van der Waals surface area contributed by atoms with Gasteiger partial charge in [0.25, 0.3) is 5.56 Å². The van der Waals surface area contributed by atoms with Gasteiger partial charge < -0.3 is 9.72 Å². The van der Waals surface area contributed by atoms with Gasteiger partial charge in [0.2, 0.25) is 0 Å². The second kappa shape index (κ2) is 8.03. The van der Waals surface area contributed by atoms with E-state index in [1.165, 1.54) is 11.8 Å². The molecular weight excluding hydrogens is 296 g/mol. The Balaban J connectivity index is 2.29. The van der Waals surface area contributed by atoms with Gasteiger partial charge in [-0.15, -0.1) is 0 Å². The van der Waals surface area contributed by atoms with E-state index in [1.54, 1.807) is 0 Å². The molecule has 118 valence electrons. The average Bonchev–Trinajstić information content (AvgIpc) is 2.52. The Bertz CT molecular complexity index is 665. The molecule has 1 aromatic heterocycles. The first-order valence-corrected chi connectivity index (χ1v) is 8.78. The van der Waals surface area contributed by atoms with Gasteiger partial charge in [0.05, 0.1) is 12.3 Å². The van der Waals surface area contributed by atoms with Crippen LogP contribution in [-0.4, -0.2) is 22.8 Å². The molecule has 0 atom stereocenters. The van der Waals surface area contributed by atoms with Crippen LogP contribution in [0.15, 0.2) is 34.2 Å². The highest BCUT2D eigenvalue weighted by Gasteiger charge is 2.11. The number of hydrogen-bond acceptors (Lipinski definition) is 4. The van der Waals surface area contributed by atoms with Gasteiger partial charge in [-0.3, -0.25) is 4.79 Å². The quantitative estimate of drug-likeness (QED) is 0.628. The van der Waals surface area contributed by atoms with Crippen molar-refractivity contribution in [1.82, 2.24) is 9.97 Å². The number of thioether (sulfide) groups is 1. The van der Waals surface area contributed by atoms with Gasteiger partial charge in [-0.2, -0.15) is 0 Å². The molecule has 0 bridgehead atoms. The van der Waals surface area contributed by atoms with Crippen LogP contribution in [0.3, 0.4) is 0 Å². The Morgan fingerprint density at radius 2 is 1.95 bits per heavy atom. The number of nitrogens with zero attached hydrogens (tertiary/aromatic N) is 1. The summed E-state index contributed by atoms with van der Waals surface area (Å²) >= 11 is 1.46. The van der Waals surface area contributed by atoms with E-state index in [0.29, 0.717) is 18.2 Å². The van der Waals surface area contributed by atoms with E-state index in [4.69, 9.17) is 4.74 Å². The molecule has 22 heavy (non-hydrogen) atoms. The number of ether oxygens (including phenoxy) is 1. The maximum Gasteiger partial charge on any atom is 0.255 e. The highest BCUT2D eigenvalue weighted by molar-refractivity contribution is 7.98. The van der Waals surface area contributed by atoms with Crippen molar-refractivity contribution in [3.05, 3.63) is 51.4 Å². The number of benzene rings is 1. The third kappa shape index (κ3) is 4.13. The lowest BCUT2D eigenvalue weighted by atomic mass is 10.0. The normalized spacial score (nSPS) is 10.7. The van der Waals surface area contributed by atoms with Crippen LogP contribution in [0.25, 0.3) is 0 Å². The van der Waals surface area contributed by atoms with Crippen LogP contribution in [-0.2, 0) is 12.8 Å². The number of nitrogens with one attached hydrogen (secondary N) is 1. The Kier molecular flexibility index (Phi) is 6.07. The zero-order valence-corrected chi connectivity index (χ0v) is 14.1. The Labute approximate surface area is 135 Å². The summed E-state index contributed by atoms with van der Waals surface area (Å²) < 4.78 is 5.44. The van der Waals surface area contributed by atoms with Crippen molar-refractivity contribution in [1.29, 1.82) is 0 Å². The van der Waals surface area contributed by atoms with Crippen LogP contribution in [0, 0.1) is 0 Å². The molecule has 1 heterocycles. The van der Waals surface area contributed by atoms with Crippen LogP contribution < -0.4 is 10.3 Å². The van der Waals surface area contributed by atoms with E-state index < -0.39 is 0 Å². The third-order valence-corrected chi connectivity index (χ3v) is 3.95. The van der Waals surface area contributed by atoms with E-state index >= 15 is 0 Å². The summed E-state index contributed by atoms with van der Waals surface area (Å²) in [7, 11) is 0. The van der Waals surface area contributed by atoms with Crippen molar-refractivity contribution in [3.63, 3.8) is 0 Å². The molecule has 0 fully saturated rings. The Hall–Kier alpha value is -1.75. The number of aromatic amines is 1. The molecule has 0 amide bonds. The second-order valence-corrected chi connectivity index (χ2v) is 5.80. The zero-order chi connectivity index (χ0) is 15.9. The maximum absolute atomic E-state index is 12.3. The standard InChI is InChI=1S/C17H22N2O2S/c1-4-6-15-14(16(20)19-17(18-15)22-3)11-12-7-9-13(10-8-12)21-5-2/h7-10H,4-6,11H2,1-3H3,(H,18,19,20). The number of rotatable bonds is 7. The largest absolute Gasteiger partial charge is 0.494 e. The minimum absolute atomic E-state index is 0.0308. The number of aromatic nitrogens is 2. The van der Waals surface area contributed by atoms with Crippen LogP contribution in [0.2, 0.25) is 0 Å². The van der Waals surface area contributed by atoms with Crippen molar-refractivity contribution < 1.29 is 4.74 Å². The fraction of sp³-hybridized carbons (Fsp3) is 0.412.